The zero-order chi connectivity index (χ0) is 20.7. The fraction of sp³-hybridized carbons (Fsp3) is 1.00. The van der Waals surface area contributed by atoms with Crippen molar-refractivity contribution in [1.29, 1.82) is 0 Å². The zero-order valence-corrected chi connectivity index (χ0v) is 19.2. The molecule has 0 saturated carbocycles. The van der Waals surface area contributed by atoms with Gasteiger partial charge in [0.1, 0.15) is 0 Å². The van der Waals surface area contributed by atoms with Crippen molar-refractivity contribution in [3.05, 3.63) is 0 Å². The number of ether oxygens (including phenoxy) is 5. The first-order valence-corrected chi connectivity index (χ1v) is 10.7. The smallest absolute Gasteiger partial charge is 0.160 e. The maximum Gasteiger partial charge on any atom is 0.160 e. The van der Waals surface area contributed by atoms with E-state index in [0.29, 0.717) is 29.8 Å². The molecule has 2 aliphatic rings. The molecule has 4 unspecified atom stereocenters. The third kappa shape index (κ3) is 5.89. The van der Waals surface area contributed by atoms with Gasteiger partial charge in [-0.1, -0.05) is 41.5 Å². The van der Waals surface area contributed by atoms with Gasteiger partial charge in [-0.25, -0.2) is 0 Å². The minimum Gasteiger partial charge on any atom is -0.378 e. The van der Waals surface area contributed by atoms with Gasteiger partial charge in [-0.3, -0.25) is 0 Å². The van der Waals surface area contributed by atoms with Crippen LogP contribution >= 0.6 is 0 Å². The quantitative estimate of drug-likeness (QED) is 0.693. The summed E-state index contributed by atoms with van der Waals surface area (Å²) < 4.78 is 28.0. The predicted octanol–water partition coefficient (Wildman–Crippen LogP) is 4.53. The van der Waals surface area contributed by atoms with Crippen LogP contribution in [0.1, 0.15) is 61.3 Å². The molecule has 0 radical (unpaired) electrons. The van der Waals surface area contributed by atoms with E-state index < -0.39 is 0 Å². The number of rotatable bonds is 5. The molecule has 0 N–H and O–H groups in total. The van der Waals surface area contributed by atoms with Gasteiger partial charge in [-0.15, -0.1) is 0 Å². The Labute approximate surface area is 167 Å². The molecule has 0 aromatic heterocycles. The molecule has 0 amide bonds. The van der Waals surface area contributed by atoms with Crippen LogP contribution in [0.4, 0.5) is 0 Å². The monoisotopic (exact) mass is 388 g/mol. The van der Waals surface area contributed by atoms with E-state index in [9.17, 15) is 0 Å². The molecule has 162 valence electrons. The van der Waals surface area contributed by atoms with Gasteiger partial charge >= 0.3 is 0 Å². The first kappa shape index (κ1) is 24.8. The molecule has 0 aliphatic carbocycles. The molecular weight excluding hydrogens is 344 g/mol. The van der Waals surface area contributed by atoms with Crippen molar-refractivity contribution >= 4 is 0 Å². The van der Waals surface area contributed by atoms with Gasteiger partial charge in [0, 0.05) is 27.2 Å². The van der Waals surface area contributed by atoms with E-state index in [2.05, 4.69) is 48.5 Å². The number of hydrogen-bond donors (Lipinski definition) is 0. The second-order valence-electron chi connectivity index (χ2n) is 8.31. The molecule has 2 fully saturated rings. The lowest BCUT2D eigenvalue weighted by atomic mass is 9.81. The predicted molar refractivity (Wildman–Crippen MR) is 109 cm³/mol. The van der Waals surface area contributed by atoms with E-state index in [1.54, 1.807) is 21.3 Å². The zero-order valence-electron chi connectivity index (χ0n) is 19.2. The lowest BCUT2D eigenvalue weighted by molar-refractivity contribution is -0.258. The summed E-state index contributed by atoms with van der Waals surface area (Å²) in [7, 11) is 5.25. The molecule has 0 aromatic carbocycles. The molecular formula is C22H44O5. The van der Waals surface area contributed by atoms with E-state index in [1.807, 2.05) is 0 Å². The van der Waals surface area contributed by atoms with E-state index in [0.717, 1.165) is 12.8 Å². The summed E-state index contributed by atoms with van der Waals surface area (Å²) >= 11 is 0. The van der Waals surface area contributed by atoms with Gasteiger partial charge in [0.05, 0.1) is 30.5 Å². The van der Waals surface area contributed by atoms with E-state index in [4.69, 9.17) is 23.7 Å². The molecule has 0 bridgehead atoms. The van der Waals surface area contributed by atoms with E-state index >= 15 is 0 Å². The summed E-state index contributed by atoms with van der Waals surface area (Å²) in [6.45, 7) is 15.3. The normalized spacial score (nSPS) is 45.1. The van der Waals surface area contributed by atoms with Crippen molar-refractivity contribution in [3.63, 3.8) is 0 Å². The molecule has 2 saturated heterocycles. The highest BCUT2D eigenvalue weighted by Crippen LogP contribution is 2.34. The lowest BCUT2D eigenvalue weighted by Crippen LogP contribution is -2.50. The second-order valence-corrected chi connectivity index (χ2v) is 8.31. The minimum atomic E-state index is -0.0821. The Balaban J connectivity index is 0.000000271. The van der Waals surface area contributed by atoms with Gasteiger partial charge in [0.2, 0.25) is 0 Å². The Morgan fingerprint density at radius 3 is 1.44 bits per heavy atom. The maximum atomic E-state index is 5.90. The SMILES string of the molecule is CCC1O[C@H](C)C(C)[C@@H](C)[C@@H]1OC.CCC1O[C@H](OC)C(C)[C@@H](C)[C@@H]1OC. The molecule has 2 rings (SSSR count). The van der Waals surface area contributed by atoms with Crippen LogP contribution in [0, 0.1) is 23.7 Å². The molecule has 2 heterocycles. The van der Waals surface area contributed by atoms with Crippen LogP contribution in [-0.2, 0) is 23.7 Å². The van der Waals surface area contributed by atoms with Gasteiger partial charge in [-0.2, -0.15) is 0 Å². The minimum absolute atomic E-state index is 0.0821. The molecule has 2 aliphatic heterocycles. The molecule has 27 heavy (non-hydrogen) atoms. The van der Waals surface area contributed by atoms with E-state index in [1.165, 1.54) is 0 Å². The van der Waals surface area contributed by atoms with Crippen molar-refractivity contribution in [2.24, 2.45) is 23.7 Å². The molecule has 0 spiro atoms. The van der Waals surface area contributed by atoms with Crippen LogP contribution in [0.2, 0.25) is 0 Å². The van der Waals surface area contributed by atoms with Crippen molar-refractivity contribution in [2.45, 2.75) is 98.1 Å². The average Bonchev–Trinajstić information content (AvgIpc) is 2.68. The average molecular weight is 389 g/mol. The number of methoxy groups -OCH3 is 3. The molecule has 10 atom stereocenters. The van der Waals surface area contributed by atoms with Crippen LogP contribution in [-0.4, -0.2) is 58.1 Å². The largest absolute Gasteiger partial charge is 0.378 e. The van der Waals surface area contributed by atoms with Crippen molar-refractivity contribution in [3.8, 4) is 0 Å². The van der Waals surface area contributed by atoms with Gasteiger partial charge in [-0.05, 0) is 37.5 Å². The van der Waals surface area contributed by atoms with Crippen LogP contribution in [0.5, 0.6) is 0 Å². The Kier molecular flexibility index (Phi) is 10.8. The van der Waals surface area contributed by atoms with Gasteiger partial charge in [0.25, 0.3) is 0 Å². The maximum absolute atomic E-state index is 5.90. The summed E-state index contributed by atoms with van der Waals surface area (Å²) in [5.74, 6) is 2.04. The summed E-state index contributed by atoms with van der Waals surface area (Å²) in [4.78, 5) is 0. The summed E-state index contributed by atoms with van der Waals surface area (Å²) in [6.07, 6.45) is 3.21. The summed E-state index contributed by atoms with van der Waals surface area (Å²) in [6, 6.07) is 0. The van der Waals surface area contributed by atoms with Crippen LogP contribution in [0.15, 0.2) is 0 Å². The highest BCUT2D eigenvalue weighted by Gasteiger charge is 2.41. The second kappa shape index (κ2) is 11.7. The van der Waals surface area contributed by atoms with Crippen LogP contribution in [0.3, 0.4) is 0 Å². The summed E-state index contributed by atoms with van der Waals surface area (Å²) in [5.41, 5.74) is 0. The topological polar surface area (TPSA) is 46.2 Å². The first-order chi connectivity index (χ1) is 12.8. The lowest BCUT2D eigenvalue weighted by Gasteiger charge is -2.43. The van der Waals surface area contributed by atoms with Crippen molar-refractivity contribution < 1.29 is 23.7 Å². The highest BCUT2D eigenvalue weighted by atomic mass is 16.7. The van der Waals surface area contributed by atoms with Gasteiger partial charge < -0.3 is 23.7 Å². The number of hydrogen-bond acceptors (Lipinski definition) is 5. The third-order valence-corrected chi connectivity index (χ3v) is 6.88. The fourth-order valence-electron chi connectivity index (χ4n) is 4.46. The summed E-state index contributed by atoms with van der Waals surface area (Å²) in [5, 5.41) is 0. The highest BCUT2D eigenvalue weighted by molar-refractivity contribution is 4.87. The molecule has 0 aromatic rings. The Morgan fingerprint density at radius 1 is 0.593 bits per heavy atom. The van der Waals surface area contributed by atoms with Crippen molar-refractivity contribution in [2.75, 3.05) is 21.3 Å². The Hall–Kier alpha value is -0.200. The standard InChI is InChI=1S/C11H22O3.C11H22O2/c1-6-9-10(12-4)7(2)8(3)11(13-5)14-9;1-6-10-11(12-5)8(3)7(2)9(4)13-10/h7-11H,6H2,1-5H3;7-11H,6H2,1-5H3/t7-,8?,9?,10+,11+;7?,8-,9-,10?,11+/m11/s1. The van der Waals surface area contributed by atoms with E-state index in [-0.39, 0.29) is 30.7 Å². The Bertz CT molecular complexity index is 400. The molecule has 5 nitrogen and oxygen atoms in total. The van der Waals surface area contributed by atoms with Gasteiger partial charge in [0.15, 0.2) is 6.29 Å². The van der Waals surface area contributed by atoms with Crippen molar-refractivity contribution in [1.82, 2.24) is 0 Å². The third-order valence-electron chi connectivity index (χ3n) is 6.88. The van der Waals surface area contributed by atoms with Crippen LogP contribution < -0.4 is 0 Å². The fourth-order valence-corrected chi connectivity index (χ4v) is 4.46. The molecule has 5 heteroatoms. The first-order valence-electron chi connectivity index (χ1n) is 10.7. The Morgan fingerprint density at radius 2 is 1.04 bits per heavy atom. The van der Waals surface area contributed by atoms with Crippen LogP contribution in [0.25, 0.3) is 0 Å².